The van der Waals surface area contributed by atoms with Gasteiger partial charge >= 0.3 is 5.97 Å². The first-order chi connectivity index (χ1) is 9.66. The number of amides is 1. The standard InChI is InChI=1S/C17H23NO3/c1-16(2,3)13-8-6-12(7-9-13)14(19)18-11-5-10-17(18,4)15(20)21/h6-9H,5,10-11H2,1-4H3,(H,20,21). The Balaban J connectivity index is 2.26. The van der Waals surface area contributed by atoms with E-state index >= 15 is 0 Å². The number of hydrogen-bond acceptors (Lipinski definition) is 2. The summed E-state index contributed by atoms with van der Waals surface area (Å²) in [6.07, 6.45) is 1.24. The molecule has 4 nitrogen and oxygen atoms in total. The van der Waals surface area contributed by atoms with Crippen LogP contribution < -0.4 is 0 Å². The van der Waals surface area contributed by atoms with Gasteiger partial charge in [-0.2, -0.15) is 0 Å². The Kier molecular flexibility index (Phi) is 3.83. The van der Waals surface area contributed by atoms with E-state index in [1.807, 2.05) is 12.1 Å². The van der Waals surface area contributed by atoms with E-state index in [9.17, 15) is 14.7 Å². The predicted molar refractivity (Wildman–Crippen MR) is 81.5 cm³/mol. The van der Waals surface area contributed by atoms with Crippen molar-refractivity contribution in [2.45, 2.75) is 51.5 Å². The average Bonchev–Trinajstić information content (AvgIpc) is 2.80. The van der Waals surface area contributed by atoms with Gasteiger partial charge in [-0.15, -0.1) is 0 Å². The third-order valence-electron chi connectivity index (χ3n) is 4.34. The number of carboxylic acid groups (broad SMARTS) is 1. The van der Waals surface area contributed by atoms with E-state index in [-0.39, 0.29) is 11.3 Å². The van der Waals surface area contributed by atoms with Crippen LogP contribution >= 0.6 is 0 Å². The molecule has 0 bridgehead atoms. The summed E-state index contributed by atoms with van der Waals surface area (Å²) in [4.78, 5) is 25.5. The number of benzene rings is 1. The van der Waals surface area contributed by atoms with Crippen molar-refractivity contribution < 1.29 is 14.7 Å². The SMILES string of the molecule is CC(C)(C)c1ccc(C(=O)N2CCCC2(C)C(=O)O)cc1. The Labute approximate surface area is 125 Å². The summed E-state index contributed by atoms with van der Waals surface area (Å²) in [6.45, 7) is 8.48. The van der Waals surface area contributed by atoms with E-state index in [0.29, 0.717) is 18.5 Å². The third kappa shape index (κ3) is 2.80. The molecule has 0 spiro atoms. The van der Waals surface area contributed by atoms with Crippen molar-refractivity contribution in [3.63, 3.8) is 0 Å². The fraction of sp³-hybridized carbons (Fsp3) is 0.529. The first kappa shape index (κ1) is 15.5. The lowest BCUT2D eigenvalue weighted by atomic mass is 9.86. The molecule has 0 aromatic heterocycles. The Morgan fingerprint density at radius 2 is 1.76 bits per heavy atom. The van der Waals surface area contributed by atoms with Gasteiger partial charge in [0.25, 0.3) is 5.91 Å². The second-order valence-corrected chi connectivity index (χ2v) is 6.97. The van der Waals surface area contributed by atoms with Crippen molar-refractivity contribution in [2.75, 3.05) is 6.54 Å². The number of aliphatic carboxylic acids is 1. The lowest BCUT2D eigenvalue weighted by Gasteiger charge is -2.31. The number of likely N-dealkylation sites (tertiary alicyclic amines) is 1. The molecule has 1 aliphatic heterocycles. The molecule has 0 saturated carbocycles. The van der Waals surface area contributed by atoms with Gasteiger partial charge in [0.15, 0.2) is 0 Å². The van der Waals surface area contributed by atoms with Crippen LogP contribution in [-0.4, -0.2) is 34.0 Å². The van der Waals surface area contributed by atoms with Gasteiger partial charge < -0.3 is 10.0 Å². The van der Waals surface area contributed by atoms with Gasteiger partial charge in [-0.05, 0) is 42.9 Å². The molecule has 1 heterocycles. The molecular formula is C17H23NO3. The first-order valence-electron chi connectivity index (χ1n) is 7.32. The molecule has 1 atom stereocenters. The summed E-state index contributed by atoms with van der Waals surface area (Å²) in [6, 6.07) is 7.48. The monoisotopic (exact) mass is 289 g/mol. The van der Waals surface area contributed by atoms with Crippen LogP contribution in [0, 0.1) is 0 Å². The second kappa shape index (κ2) is 5.17. The first-order valence-corrected chi connectivity index (χ1v) is 7.32. The molecule has 1 aromatic carbocycles. The molecule has 21 heavy (non-hydrogen) atoms. The topological polar surface area (TPSA) is 57.6 Å². The Morgan fingerprint density at radius 1 is 1.19 bits per heavy atom. The maximum absolute atomic E-state index is 12.6. The Hall–Kier alpha value is -1.84. The fourth-order valence-electron chi connectivity index (χ4n) is 2.78. The quantitative estimate of drug-likeness (QED) is 0.910. The number of nitrogens with zero attached hydrogens (tertiary/aromatic N) is 1. The summed E-state index contributed by atoms with van der Waals surface area (Å²) in [5.74, 6) is -1.13. The normalized spacial score (nSPS) is 22.4. The van der Waals surface area contributed by atoms with Gasteiger partial charge in [0.1, 0.15) is 5.54 Å². The summed E-state index contributed by atoms with van der Waals surface area (Å²) in [7, 11) is 0. The van der Waals surface area contributed by atoms with Gasteiger partial charge in [0.2, 0.25) is 0 Å². The van der Waals surface area contributed by atoms with Gasteiger partial charge in [-0.3, -0.25) is 4.79 Å². The van der Waals surface area contributed by atoms with Crippen LogP contribution in [0.4, 0.5) is 0 Å². The molecule has 0 aliphatic carbocycles. The molecule has 1 N–H and O–H groups in total. The second-order valence-electron chi connectivity index (χ2n) is 6.97. The molecule has 1 unspecified atom stereocenters. The highest BCUT2D eigenvalue weighted by atomic mass is 16.4. The van der Waals surface area contributed by atoms with Gasteiger partial charge in [0, 0.05) is 12.1 Å². The highest BCUT2D eigenvalue weighted by molar-refractivity contribution is 5.98. The van der Waals surface area contributed by atoms with Crippen molar-refractivity contribution in [1.82, 2.24) is 4.90 Å². The van der Waals surface area contributed by atoms with Gasteiger partial charge in [-0.25, -0.2) is 4.79 Å². The van der Waals surface area contributed by atoms with Crippen LogP contribution in [0.3, 0.4) is 0 Å². The minimum atomic E-state index is -1.08. The smallest absolute Gasteiger partial charge is 0.329 e. The van der Waals surface area contributed by atoms with Crippen LogP contribution in [0.5, 0.6) is 0 Å². The molecule has 1 fully saturated rings. The van der Waals surface area contributed by atoms with Crippen LogP contribution in [-0.2, 0) is 10.2 Å². The van der Waals surface area contributed by atoms with E-state index < -0.39 is 11.5 Å². The molecule has 1 aromatic rings. The molecule has 4 heteroatoms. The third-order valence-corrected chi connectivity index (χ3v) is 4.34. The van der Waals surface area contributed by atoms with E-state index in [4.69, 9.17) is 0 Å². The minimum absolute atomic E-state index is 0.0325. The van der Waals surface area contributed by atoms with Crippen LogP contribution in [0.2, 0.25) is 0 Å². The van der Waals surface area contributed by atoms with Crippen LogP contribution in [0.15, 0.2) is 24.3 Å². The largest absolute Gasteiger partial charge is 0.480 e. The summed E-state index contributed by atoms with van der Waals surface area (Å²) in [5.41, 5.74) is 0.656. The number of rotatable bonds is 2. The maximum atomic E-state index is 12.6. The zero-order valence-corrected chi connectivity index (χ0v) is 13.1. The van der Waals surface area contributed by atoms with E-state index in [2.05, 4.69) is 20.8 Å². The highest BCUT2D eigenvalue weighted by Crippen LogP contribution is 2.31. The summed E-state index contributed by atoms with van der Waals surface area (Å²) >= 11 is 0. The molecular weight excluding hydrogens is 266 g/mol. The van der Waals surface area contributed by atoms with Crippen molar-refractivity contribution in [1.29, 1.82) is 0 Å². The minimum Gasteiger partial charge on any atom is -0.480 e. The van der Waals surface area contributed by atoms with Gasteiger partial charge in [0.05, 0.1) is 0 Å². The lowest BCUT2D eigenvalue weighted by molar-refractivity contribution is -0.147. The lowest BCUT2D eigenvalue weighted by Crippen LogP contribution is -2.50. The van der Waals surface area contributed by atoms with E-state index in [1.165, 1.54) is 4.90 Å². The number of carbonyl (C=O) groups excluding carboxylic acids is 1. The number of hydrogen-bond donors (Lipinski definition) is 1. The molecule has 1 amide bonds. The van der Waals surface area contributed by atoms with Crippen LogP contribution in [0.25, 0.3) is 0 Å². The molecule has 0 radical (unpaired) electrons. The van der Waals surface area contributed by atoms with Crippen LogP contribution in [0.1, 0.15) is 56.5 Å². The Morgan fingerprint density at radius 3 is 2.24 bits per heavy atom. The molecule has 2 rings (SSSR count). The number of carboxylic acids is 1. The predicted octanol–water partition coefficient (Wildman–Crippen LogP) is 3.06. The zero-order chi connectivity index (χ0) is 15.8. The van der Waals surface area contributed by atoms with E-state index in [0.717, 1.165) is 12.0 Å². The maximum Gasteiger partial charge on any atom is 0.329 e. The Bertz CT molecular complexity index is 556. The average molecular weight is 289 g/mol. The van der Waals surface area contributed by atoms with Crippen molar-refractivity contribution in [2.24, 2.45) is 0 Å². The summed E-state index contributed by atoms with van der Waals surface area (Å²) < 4.78 is 0. The summed E-state index contributed by atoms with van der Waals surface area (Å²) in [5, 5.41) is 9.40. The van der Waals surface area contributed by atoms with Crippen molar-refractivity contribution in [3.8, 4) is 0 Å². The van der Waals surface area contributed by atoms with E-state index in [1.54, 1.807) is 19.1 Å². The molecule has 1 aliphatic rings. The number of carbonyl (C=O) groups is 2. The zero-order valence-electron chi connectivity index (χ0n) is 13.1. The van der Waals surface area contributed by atoms with Crippen molar-refractivity contribution in [3.05, 3.63) is 35.4 Å². The van der Waals surface area contributed by atoms with Gasteiger partial charge in [-0.1, -0.05) is 32.9 Å². The fourth-order valence-corrected chi connectivity index (χ4v) is 2.78. The molecule has 114 valence electrons. The highest BCUT2D eigenvalue weighted by Gasteiger charge is 2.46. The van der Waals surface area contributed by atoms with Crippen molar-refractivity contribution >= 4 is 11.9 Å². The molecule has 1 saturated heterocycles.